The average molecular weight is 368 g/mol. The van der Waals surface area contributed by atoms with Crippen molar-refractivity contribution in [3.63, 3.8) is 0 Å². The molecule has 0 spiro atoms. The van der Waals surface area contributed by atoms with Crippen LogP contribution in [0, 0.1) is 5.41 Å². The number of hydrogen-bond donors (Lipinski definition) is 2. The molecule has 0 fully saturated rings. The Morgan fingerprint density at radius 2 is 2.19 bits per heavy atom. The predicted molar refractivity (Wildman–Crippen MR) is 105 cm³/mol. The molecule has 3 rings (SSSR count). The lowest BCUT2D eigenvalue weighted by Crippen LogP contribution is -2.28. The van der Waals surface area contributed by atoms with Crippen molar-refractivity contribution < 1.29 is 14.3 Å². The van der Waals surface area contributed by atoms with Crippen LogP contribution in [0.1, 0.15) is 44.2 Å². The Hall–Kier alpha value is -3.09. The Kier molecular flexibility index (Phi) is 4.78. The molecule has 0 bridgehead atoms. The van der Waals surface area contributed by atoms with Crippen LogP contribution in [-0.4, -0.2) is 28.7 Å². The fourth-order valence-electron chi connectivity index (χ4n) is 3.00. The van der Waals surface area contributed by atoms with Crippen LogP contribution in [0.15, 0.2) is 31.1 Å². The Morgan fingerprint density at radius 3 is 2.78 bits per heavy atom. The van der Waals surface area contributed by atoms with Gasteiger partial charge in [0.1, 0.15) is 5.75 Å². The molecule has 0 saturated heterocycles. The smallest absolute Gasteiger partial charge is 0.229 e. The standard InChI is InChI=1S/C20H24N4O3/c1-6-24-11-12(10-21-24)13-8-18(25)22-15-9-17(27-5)16(7-14(13)15)23-19(26)20(2,3)4/h6-7,9-11,13H,1,8H2,2-5H3,(H,22,25)(H,23,26)/t13-/m0/s1. The molecule has 0 radical (unpaired) electrons. The van der Waals surface area contributed by atoms with E-state index in [0.717, 1.165) is 11.1 Å². The van der Waals surface area contributed by atoms with Crippen molar-refractivity contribution in [3.05, 3.63) is 42.2 Å². The van der Waals surface area contributed by atoms with Crippen molar-refractivity contribution in [2.75, 3.05) is 17.7 Å². The molecule has 7 nitrogen and oxygen atoms in total. The van der Waals surface area contributed by atoms with E-state index in [4.69, 9.17) is 4.74 Å². The highest BCUT2D eigenvalue weighted by atomic mass is 16.5. The number of carbonyl (C=O) groups excluding carboxylic acids is 2. The Bertz CT molecular complexity index is 908. The summed E-state index contributed by atoms with van der Waals surface area (Å²) in [6.07, 6.45) is 5.47. The van der Waals surface area contributed by atoms with Crippen molar-refractivity contribution in [1.82, 2.24) is 9.78 Å². The summed E-state index contributed by atoms with van der Waals surface area (Å²) >= 11 is 0. The first-order valence-electron chi connectivity index (χ1n) is 8.72. The Labute approximate surface area is 158 Å². The molecule has 1 aliphatic heterocycles. The molecule has 27 heavy (non-hydrogen) atoms. The molecular formula is C20H24N4O3. The van der Waals surface area contributed by atoms with Gasteiger partial charge in [0.25, 0.3) is 0 Å². The predicted octanol–water partition coefficient (Wildman–Crippen LogP) is 3.45. The van der Waals surface area contributed by atoms with Gasteiger partial charge in [-0.2, -0.15) is 5.10 Å². The molecule has 0 aliphatic carbocycles. The highest BCUT2D eigenvalue weighted by Crippen LogP contribution is 2.42. The fourth-order valence-corrected chi connectivity index (χ4v) is 3.00. The Balaban J connectivity index is 2.06. The summed E-state index contributed by atoms with van der Waals surface area (Å²) in [4.78, 5) is 24.7. The van der Waals surface area contributed by atoms with E-state index in [1.54, 1.807) is 23.1 Å². The second-order valence-electron chi connectivity index (χ2n) is 7.59. The average Bonchev–Trinajstić information content (AvgIpc) is 3.09. The number of nitrogens with one attached hydrogen (secondary N) is 2. The molecule has 1 aliphatic rings. The number of rotatable bonds is 4. The normalized spacial score (nSPS) is 16.3. The topological polar surface area (TPSA) is 85.3 Å². The van der Waals surface area contributed by atoms with Gasteiger partial charge in [0, 0.05) is 41.9 Å². The van der Waals surface area contributed by atoms with Crippen LogP contribution < -0.4 is 15.4 Å². The summed E-state index contributed by atoms with van der Waals surface area (Å²) < 4.78 is 7.03. The van der Waals surface area contributed by atoms with E-state index in [2.05, 4.69) is 22.3 Å². The number of hydrogen-bond acceptors (Lipinski definition) is 4. The maximum absolute atomic E-state index is 12.5. The lowest BCUT2D eigenvalue weighted by atomic mass is 9.85. The number of benzene rings is 1. The molecule has 1 aromatic carbocycles. The molecule has 2 aromatic rings. The van der Waals surface area contributed by atoms with Crippen LogP contribution in [0.3, 0.4) is 0 Å². The van der Waals surface area contributed by atoms with E-state index in [9.17, 15) is 9.59 Å². The summed E-state index contributed by atoms with van der Waals surface area (Å²) in [5, 5.41) is 10.0. The minimum Gasteiger partial charge on any atom is -0.494 e. The third kappa shape index (κ3) is 3.72. The van der Waals surface area contributed by atoms with Gasteiger partial charge in [-0.05, 0) is 17.2 Å². The van der Waals surface area contributed by atoms with Gasteiger partial charge in [0.2, 0.25) is 11.8 Å². The Morgan fingerprint density at radius 1 is 1.44 bits per heavy atom. The maximum atomic E-state index is 12.5. The van der Waals surface area contributed by atoms with E-state index in [-0.39, 0.29) is 17.7 Å². The molecule has 2 N–H and O–H groups in total. The van der Waals surface area contributed by atoms with Gasteiger partial charge < -0.3 is 15.4 Å². The van der Waals surface area contributed by atoms with Crippen molar-refractivity contribution in [3.8, 4) is 5.75 Å². The molecule has 142 valence electrons. The molecule has 7 heteroatoms. The van der Waals surface area contributed by atoms with Crippen LogP contribution in [-0.2, 0) is 9.59 Å². The van der Waals surface area contributed by atoms with Crippen LogP contribution in [0.25, 0.3) is 6.20 Å². The largest absolute Gasteiger partial charge is 0.494 e. The van der Waals surface area contributed by atoms with E-state index < -0.39 is 5.41 Å². The first-order valence-corrected chi connectivity index (χ1v) is 8.72. The number of carbonyl (C=O) groups is 2. The zero-order valence-electron chi connectivity index (χ0n) is 16.0. The van der Waals surface area contributed by atoms with Crippen LogP contribution in [0.5, 0.6) is 5.75 Å². The minimum atomic E-state index is -0.542. The van der Waals surface area contributed by atoms with Gasteiger partial charge in [0.15, 0.2) is 0 Å². The third-order valence-electron chi connectivity index (χ3n) is 4.55. The lowest BCUT2D eigenvalue weighted by Gasteiger charge is -2.27. The molecular weight excluding hydrogens is 344 g/mol. The van der Waals surface area contributed by atoms with Gasteiger partial charge in [0.05, 0.1) is 19.0 Å². The number of amides is 2. The molecule has 1 aromatic heterocycles. The van der Waals surface area contributed by atoms with E-state index in [0.29, 0.717) is 23.5 Å². The molecule has 2 amide bonds. The number of fused-ring (bicyclic) bond motifs is 1. The first kappa shape index (κ1) is 18.7. The summed E-state index contributed by atoms with van der Waals surface area (Å²) in [5.74, 6) is 0.136. The number of anilines is 2. The monoisotopic (exact) mass is 368 g/mol. The van der Waals surface area contributed by atoms with Crippen LogP contribution >= 0.6 is 0 Å². The number of methoxy groups -OCH3 is 1. The fraction of sp³-hybridized carbons (Fsp3) is 0.350. The zero-order valence-corrected chi connectivity index (χ0v) is 16.0. The minimum absolute atomic E-state index is 0.0765. The third-order valence-corrected chi connectivity index (χ3v) is 4.55. The van der Waals surface area contributed by atoms with Crippen molar-refractivity contribution >= 4 is 29.4 Å². The van der Waals surface area contributed by atoms with Gasteiger partial charge in [-0.3, -0.25) is 9.59 Å². The van der Waals surface area contributed by atoms with E-state index in [1.807, 2.05) is 33.0 Å². The van der Waals surface area contributed by atoms with Gasteiger partial charge in [-0.25, -0.2) is 4.68 Å². The second-order valence-corrected chi connectivity index (χ2v) is 7.59. The summed E-state index contributed by atoms with van der Waals surface area (Å²) in [5.41, 5.74) is 2.52. The molecule has 2 heterocycles. The first-order chi connectivity index (χ1) is 12.7. The molecule has 0 saturated carbocycles. The van der Waals surface area contributed by atoms with Crippen LogP contribution in [0.2, 0.25) is 0 Å². The van der Waals surface area contributed by atoms with Gasteiger partial charge in [-0.1, -0.05) is 27.4 Å². The van der Waals surface area contributed by atoms with Crippen LogP contribution in [0.4, 0.5) is 11.4 Å². The summed E-state index contributed by atoms with van der Waals surface area (Å²) in [7, 11) is 1.53. The summed E-state index contributed by atoms with van der Waals surface area (Å²) in [6, 6.07) is 3.61. The van der Waals surface area contributed by atoms with Crippen molar-refractivity contribution in [1.29, 1.82) is 0 Å². The maximum Gasteiger partial charge on any atom is 0.229 e. The zero-order chi connectivity index (χ0) is 19.8. The lowest BCUT2D eigenvalue weighted by molar-refractivity contribution is -0.123. The number of aromatic nitrogens is 2. The molecule has 0 unspecified atom stereocenters. The quantitative estimate of drug-likeness (QED) is 0.865. The summed E-state index contributed by atoms with van der Waals surface area (Å²) in [6.45, 7) is 9.24. The highest BCUT2D eigenvalue weighted by molar-refractivity contribution is 5.99. The van der Waals surface area contributed by atoms with Gasteiger partial charge >= 0.3 is 0 Å². The SMILES string of the molecule is C=Cn1cc([C@@H]2CC(=O)Nc3cc(OC)c(NC(=O)C(C)(C)C)cc32)cn1. The molecule has 1 atom stereocenters. The number of nitrogens with zero attached hydrogens (tertiary/aromatic N) is 2. The van der Waals surface area contributed by atoms with E-state index in [1.165, 1.54) is 7.11 Å². The number of ether oxygens (including phenoxy) is 1. The highest BCUT2D eigenvalue weighted by Gasteiger charge is 2.30. The van der Waals surface area contributed by atoms with Crippen molar-refractivity contribution in [2.45, 2.75) is 33.1 Å². The van der Waals surface area contributed by atoms with E-state index >= 15 is 0 Å². The van der Waals surface area contributed by atoms with Gasteiger partial charge in [-0.15, -0.1) is 0 Å². The second kappa shape index (κ2) is 6.90. The van der Waals surface area contributed by atoms with Crippen molar-refractivity contribution in [2.24, 2.45) is 5.41 Å².